The van der Waals surface area contributed by atoms with Crippen LogP contribution >= 0.6 is 11.8 Å². The SMILES string of the molecule is CS(=O)(=O)[C@H]1CSCCN1C(=O)Nc1ccc2c(c1)OCO2. The number of urea groups is 1. The molecular weight excluding hydrogens is 328 g/mol. The number of hydrogen-bond acceptors (Lipinski definition) is 6. The third kappa shape index (κ3) is 3.09. The van der Waals surface area contributed by atoms with Gasteiger partial charge < -0.3 is 19.7 Å². The fourth-order valence-corrected chi connectivity index (χ4v) is 5.15. The standard InChI is InChI=1S/C13H16N2O5S2/c1-22(17,18)12-7-21-5-4-15(12)13(16)14-9-2-3-10-11(6-9)20-8-19-10/h2-3,6,12H,4-5,7-8H2,1H3,(H,14,16)/t12-/m0/s1. The molecule has 1 aromatic carbocycles. The smallest absolute Gasteiger partial charge is 0.322 e. The average molecular weight is 344 g/mol. The van der Waals surface area contributed by atoms with Crippen molar-refractivity contribution in [2.75, 3.05) is 36.4 Å². The van der Waals surface area contributed by atoms with E-state index in [4.69, 9.17) is 9.47 Å². The molecule has 0 aliphatic carbocycles. The van der Waals surface area contributed by atoms with Crippen molar-refractivity contribution in [1.82, 2.24) is 4.90 Å². The second-order valence-electron chi connectivity index (χ2n) is 5.05. The van der Waals surface area contributed by atoms with Gasteiger partial charge in [-0.05, 0) is 12.1 Å². The van der Waals surface area contributed by atoms with E-state index in [0.717, 1.165) is 12.0 Å². The quantitative estimate of drug-likeness (QED) is 0.872. The molecule has 120 valence electrons. The Balaban J connectivity index is 1.75. The van der Waals surface area contributed by atoms with Crippen LogP contribution in [0.15, 0.2) is 18.2 Å². The van der Waals surface area contributed by atoms with Gasteiger partial charge in [-0.2, -0.15) is 11.8 Å². The number of hydrogen-bond donors (Lipinski definition) is 1. The highest BCUT2D eigenvalue weighted by Crippen LogP contribution is 2.34. The Kier molecular flexibility index (Phi) is 4.09. The number of sulfone groups is 1. The number of nitrogens with zero attached hydrogens (tertiary/aromatic N) is 1. The first-order valence-electron chi connectivity index (χ1n) is 6.69. The Morgan fingerprint density at radius 2 is 2.14 bits per heavy atom. The van der Waals surface area contributed by atoms with Crippen molar-refractivity contribution in [1.29, 1.82) is 0 Å². The van der Waals surface area contributed by atoms with Gasteiger partial charge in [0.25, 0.3) is 0 Å². The Bertz CT molecular complexity index is 692. The zero-order valence-corrected chi connectivity index (χ0v) is 13.6. The molecule has 0 radical (unpaired) electrons. The monoisotopic (exact) mass is 344 g/mol. The number of carbonyl (C=O) groups is 1. The summed E-state index contributed by atoms with van der Waals surface area (Å²) < 4.78 is 34.1. The van der Waals surface area contributed by atoms with Crippen molar-refractivity contribution in [3.63, 3.8) is 0 Å². The topological polar surface area (TPSA) is 84.9 Å². The molecule has 0 saturated carbocycles. The molecule has 9 heteroatoms. The van der Waals surface area contributed by atoms with Gasteiger partial charge in [0.05, 0.1) is 0 Å². The fourth-order valence-electron chi connectivity index (χ4n) is 2.34. The van der Waals surface area contributed by atoms with Crippen LogP contribution in [0.4, 0.5) is 10.5 Å². The van der Waals surface area contributed by atoms with Crippen molar-refractivity contribution in [2.45, 2.75) is 5.37 Å². The zero-order chi connectivity index (χ0) is 15.7. The maximum atomic E-state index is 12.4. The molecule has 2 amide bonds. The van der Waals surface area contributed by atoms with Gasteiger partial charge in [-0.25, -0.2) is 13.2 Å². The number of rotatable bonds is 2. The van der Waals surface area contributed by atoms with Gasteiger partial charge in [0.2, 0.25) is 6.79 Å². The lowest BCUT2D eigenvalue weighted by molar-refractivity contribution is 0.174. The van der Waals surface area contributed by atoms with Crippen LogP contribution in [0.25, 0.3) is 0 Å². The molecule has 2 heterocycles. The second-order valence-corrected chi connectivity index (χ2v) is 8.40. The first-order chi connectivity index (χ1) is 10.4. The molecule has 1 aromatic rings. The molecule has 3 rings (SSSR count). The third-order valence-corrected chi connectivity index (χ3v) is 6.11. The van der Waals surface area contributed by atoms with Crippen LogP contribution in [0.2, 0.25) is 0 Å². The van der Waals surface area contributed by atoms with E-state index in [9.17, 15) is 13.2 Å². The molecule has 0 aromatic heterocycles. The minimum Gasteiger partial charge on any atom is -0.454 e. The lowest BCUT2D eigenvalue weighted by atomic mass is 10.3. The second kappa shape index (κ2) is 5.88. The van der Waals surface area contributed by atoms with Crippen molar-refractivity contribution < 1.29 is 22.7 Å². The van der Waals surface area contributed by atoms with E-state index < -0.39 is 21.2 Å². The Labute approximate surface area is 132 Å². The van der Waals surface area contributed by atoms with Crippen LogP contribution in [0.3, 0.4) is 0 Å². The van der Waals surface area contributed by atoms with E-state index in [1.54, 1.807) is 18.2 Å². The third-order valence-electron chi connectivity index (χ3n) is 3.46. The van der Waals surface area contributed by atoms with E-state index in [0.29, 0.717) is 29.5 Å². The molecule has 1 saturated heterocycles. The zero-order valence-electron chi connectivity index (χ0n) is 11.9. The predicted molar refractivity (Wildman–Crippen MR) is 84.2 cm³/mol. The van der Waals surface area contributed by atoms with Crippen molar-refractivity contribution in [3.05, 3.63) is 18.2 Å². The Hall–Kier alpha value is -1.61. The number of benzene rings is 1. The van der Waals surface area contributed by atoms with E-state index >= 15 is 0 Å². The summed E-state index contributed by atoms with van der Waals surface area (Å²) in [5.41, 5.74) is 0.541. The summed E-state index contributed by atoms with van der Waals surface area (Å²) in [5, 5.41) is 1.93. The molecule has 2 aliphatic rings. The Morgan fingerprint density at radius 1 is 1.36 bits per heavy atom. The van der Waals surface area contributed by atoms with E-state index in [1.165, 1.54) is 16.7 Å². The highest BCUT2D eigenvalue weighted by atomic mass is 32.2. The van der Waals surface area contributed by atoms with Crippen molar-refractivity contribution in [2.24, 2.45) is 0 Å². The summed E-state index contributed by atoms with van der Waals surface area (Å²) in [6, 6.07) is 4.64. The summed E-state index contributed by atoms with van der Waals surface area (Å²) in [7, 11) is -3.32. The van der Waals surface area contributed by atoms with Crippen molar-refractivity contribution >= 4 is 33.3 Å². The highest BCUT2D eigenvalue weighted by Gasteiger charge is 2.34. The van der Waals surface area contributed by atoms with Gasteiger partial charge in [-0.1, -0.05) is 0 Å². The summed E-state index contributed by atoms with van der Waals surface area (Å²) in [4.78, 5) is 13.8. The predicted octanol–water partition coefficient (Wildman–Crippen LogP) is 1.37. The average Bonchev–Trinajstić information content (AvgIpc) is 2.94. The van der Waals surface area contributed by atoms with Gasteiger partial charge in [0.15, 0.2) is 21.3 Å². The number of nitrogens with one attached hydrogen (secondary N) is 1. The Morgan fingerprint density at radius 3 is 2.91 bits per heavy atom. The van der Waals surface area contributed by atoms with Crippen LogP contribution in [0.1, 0.15) is 0 Å². The van der Waals surface area contributed by atoms with Gasteiger partial charge in [-0.3, -0.25) is 0 Å². The number of amides is 2. The largest absolute Gasteiger partial charge is 0.454 e. The lowest BCUT2D eigenvalue weighted by Crippen LogP contribution is -2.51. The van der Waals surface area contributed by atoms with Crippen LogP contribution in [0.5, 0.6) is 11.5 Å². The van der Waals surface area contributed by atoms with E-state index in [-0.39, 0.29) is 6.79 Å². The normalized spacial score (nSPS) is 20.8. The molecule has 22 heavy (non-hydrogen) atoms. The molecule has 1 atom stereocenters. The lowest BCUT2D eigenvalue weighted by Gasteiger charge is -2.33. The van der Waals surface area contributed by atoms with E-state index in [2.05, 4.69) is 5.32 Å². The number of fused-ring (bicyclic) bond motifs is 1. The molecule has 0 spiro atoms. The number of anilines is 1. The molecule has 2 aliphatic heterocycles. The van der Waals surface area contributed by atoms with Gasteiger partial charge in [0, 0.05) is 36.1 Å². The maximum absolute atomic E-state index is 12.4. The van der Waals surface area contributed by atoms with Crippen LogP contribution in [0, 0.1) is 0 Å². The molecule has 0 bridgehead atoms. The molecule has 0 unspecified atom stereocenters. The molecular formula is C13H16N2O5S2. The van der Waals surface area contributed by atoms with E-state index in [1.807, 2.05) is 0 Å². The first-order valence-corrected chi connectivity index (χ1v) is 9.80. The van der Waals surface area contributed by atoms with Crippen LogP contribution in [-0.2, 0) is 9.84 Å². The summed E-state index contributed by atoms with van der Waals surface area (Å²) in [6.07, 6.45) is 1.16. The fraction of sp³-hybridized carbons (Fsp3) is 0.462. The van der Waals surface area contributed by atoms with Crippen LogP contribution < -0.4 is 14.8 Å². The minimum atomic E-state index is -3.32. The number of thioether (sulfide) groups is 1. The summed E-state index contributed by atoms with van der Waals surface area (Å²) in [5.74, 6) is 2.31. The molecule has 1 fully saturated rings. The van der Waals surface area contributed by atoms with Gasteiger partial charge in [0.1, 0.15) is 5.37 Å². The first kappa shape index (κ1) is 15.3. The molecule has 1 N–H and O–H groups in total. The van der Waals surface area contributed by atoms with Gasteiger partial charge >= 0.3 is 6.03 Å². The van der Waals surface area contributed by atoms with Crippen LogP contribution in [-0.4, -0.2) is 55.8 Å². The molecule has 7 nitrogen and oxygen atoms in total. The number of carbonyl (C=O) groups excluding carboxylic acids is 1. The summed E-state index contributed by atoms with van der Waals surface area (Å²) in [6.45, 7) is 0.561. The van der Waals surface area contributed by atoms with Crippen molar-refractivity contribution in [3.8, 4) is 11.5 Å². The number of ether oxygens (including phenoxy) is 2. The highest BCUT2D eigenvalue weighted by molar-refractivity contribution is 8.00. The maximum Gasteiger partial charge on any atom is 0.322 e. The minimum absolute atomic E-state index is 0.159. The summed E-state index contributed by atoms with van der Waals surface area (Å²) >= 11 is 1.54. The van der Waals surface area contributed by atoms with Gasteiger partial charge in [-0.15, -0.1) is 0 Å².